The molecule has 0 aliphatic heterocycles. The summed E-state index contributed by atoms with van der Waals surface area (Å²) in [5.41, 5.74) is 7.33. The maximum absolute atomic E-state index is 13.2. The first-order valence-corrected chi connectivity index (χ1v) is 7.81. The van der Waals surface area contributed by atoms with Gasteiger partial charge in [-0.15, -0.1) is 0 Å². The van der Waals surface area contributed by atoms with E-state index in [1.807, 2.05) is 0 Å². The Bertz CT molecular complexity index is 760. The molecular formula is C15H17FN2O2S. The molecule has 0 radical (unpaired) electrons. The molecular weight excluding hydrogens is 291 g/mol. The van der Waals surface area contributed by atoms with Crippen LogP contribution in [0.3, 0.4) is 0 Å². The number of aryl methyl sites for hydroxylation is 1. The quantitative estimate of drug-likeness (QED) is 0.883. The van der Waals surface area contributed by atoms with Gasteiger partial charge in [0.1, 0.15) is 5.82 Å². The normalized spacial score (nSPS) is 11.8. The van der Waals surface area contributed by atoms with Gasteiger partial charge >= 0.3 is 0 Å². The molecule has 0 unspecified atom stereocenters. The molecule has 0 atom stereocenters. The summed E-state index contributed by atoms with van der Waals surface area (Å²) >= 11 is 0. The molecule has 0 saturated heterocycles. The van der Waals surface area contributed by atoms with Crippen molar-refractivity contribution in [1.82, 2.24) is 4.31 Å². The Kier molecular flexibility index (Phi) is 4.29. The Morgan fingerprint density at radius 1 is 1.19 bits per heavy atom. The summed E-state index contributed by atoms with van der Waals surface area (Å²) in [5.74, 6) is -0.387. The smallest absolute Gasteiger partial charge is 0.243 e. The van der Waals surface area contributed by atoms with Gasteiger partial charge in [0.15, 0.2) is 0 Å². The van der Waals surface area contributed by atoms with Gasteiger partial charge in [0.05, 0.1) is 4.90 Å². The molecule has 0 bridgehead atoms. The number of nitrogens with zero attached hydrogens (tertiary/aromatic N) is 1. The van der Waals surface area contributed by atoms with Crippen molar-refractivity contribution in [1.29, 1.82) is 0 Å². The first-order chi connectivity index (χ1) is 9.80. The SMILES string of the molecule is Cc1cc(N)ccc1S(=O)(=O)N(C)Cc1cccc(F)c1. The van der Waals surface area contributed by atoms with E-state index in [2.05, 4.69) is 0 Å². The van der Waals surface area contributed by atoms with Crippen molar-refractivity contribution in [2.24, 2.45) is 0 Å². The highest BCUT2D eigenvalue weighted by molar-refractivity contribution is 7.89. The summed E-state index contributed by atoms with van der Waals surface area (Å²) in [7, 11) is -2.17. The Balaban J connectivity index is 2.30. The average Bonchev–Trinajstić information content (AvgIpc) is 2.38. The van der Waals surface area contributed by atoms with Gasteiger partial charge in [-0.1, -0.05) is 12.1 Å². The van der Waals surface area contributed by atoms with E-state index in [1.54, 1.807) is 31.2 Å². The highest BCUT2D eigenvalue weighted by Crippen LogP contribution is 2.22. The molecule has 0 saturated carbocycles. The van der Waals surface area contributed by atoms with E-state index in [-0.39, 0.29) is 17.3 Å². The predicted molar refractivity (Wildman–Crippen MR) is 80.6 cm³/mol. The van der Waals surface area contributed by atoms with Gasteiger partial charge in [0, 0.05) is 19.3 Å². The first-order valence-electron chi connectivity index (χ1n) is 6.37. The number of rotatable bonds is 4. The van der Waals surface area contributed by atoms with E-state index in [0.29, 0.717) is 16.8 Å². The highest BCUT2D eigenvalue weighted by atomic mass is 32.2. The molecule has 112 valence electrons. The Labute approximate surface area is 124 Å². The van der Waals surface area contributed by atoms with Gasteiger partial charge in [-0.25, -0.2) is 12.8 Å². The number of benzene rings is 2. The van der Waals surface area contributed by atoms with Crippen LogP contribution in [0, 0.1) is 12.7 Å². The molecule has 0 amide bonds. The van der Waals surface area contributed by atoms with Gasteiger partial charge in [-0.2, -0.15) is 4.31 Å². The molecule has 0 aliphatic carbocycles. The van der Waals surface area contributed by atoms with Crippen molar-refractivity contribution < 1.29 is 12.8 Å². The summed E-state index contributed by atoms with van der Waals surface area (Å²) in [4.78, 5) is 0.204. The van der Waals surface area contributed by atoms with Crippen LogP contribution < -0.4 is 5.73 Å². The minimum atomic E-state index is -3.64. The molecule has 0 spiro atoms. The number of hydrogen-bond acceptors (Lipinski definition) is 3. The zero-order chi connectivity index (χ0) is 15.6. The van der Waals surface area contributed by atoms with Crippen LogP contribution in [0.25, 0.3) is 0 Å². The fourth-order valence-electron chi connectivity index (χ4n) is 2.11. The molecule has 2 aromatic carbocycles. The molecule has 0 fully saturated rings. The summed E-state index contributed by atoms with van der Waals surface area (Å²) < 4.78 is 39.4. The van der Waals surface area contributed by atoms with Crippen LogP contribution in [0.5, 0.6) is 0 Å². The minimum absolute atomic E-state index is 0.101. The second-order valence-electron chi connectivity index (χ2n) is 4.92. The lowest BCUT2D eigenvalue weighted by Gasteiger charge is -2.19. The lowest BCUT2D eigenvalue weighted by Crippen LogP contribution is -2.27. The second-order valence-corrected chi connectivity index (χ2v) is 6.93. The van der Waals surface area contributed by atoms with E-state index in [0.717, 1.165) is 0 Å². The Morgan fingerprint density at radius 3 is 2.52 bits per heavy atom. The van der Waals surface area contributed by atoms with E-state index >= 15 is 0 Å². The Morgan fingerprint density at radius 2 is 1.90 bits per heavy atom. The van der Waals surface area contributed by atoms with Crippen molar-refractivity contribution >= 4 is 15.7 Å². The molecule has 2 N–H and O–H groups in total. The zero-order valence-corrected chi connectivity index (χ0v) is 12.7. The number of hydrogen-bond donors (Lipinski definition) is 1. The van der Waals surface area contributed by atoms with Crippen LogP contribution in [-0.4, -0.2) is 19.8 Å². The first kappa shape index (κ1) is 15.5. The van der Waals surface area contributed by atoms with Crippen molar-refractivity contribution in [3.63, 3.8) is 0 Å². The van der Waals surface area contributed by atoms with Crippen LogP contribution in [0.4, 0.5) is 10.1 Å². The summed E-state index contributed by atoms with van der Waals surface area (Å²) in [6.45, 7) is 1.79. The minimum Gasteiger partial charge on any atom is -0.399 e. The highest BCUT2D eigenvalue weighted by Gasteiger charge is 2.22. The van der Waals surface area contributed by atoms with Gasteiger partial charge < -0.3 is 5.73 Å². The Hall–Kier alpha value is -1.92. The zero-order valence-electron chi connectivity index (χ0n) is 11.9. The third kappa shape index (κ3) is 3.40. The molecule has 2 rings (SSSR count). The fourth-order valence-corrected chi connectivity index (χ4v) is 3.47. The molecule has 4 nitrogen and oxygen atoms in total. The predicted octanol–water partition coefficient (Wildman–Crippen LogP) is 2.54. The third-order valence-electron chi connectivity index (χ3n) is 3.18. The fraction of sp³-hybridized carbons (Fsp3) is 0.200. The molecule has 6 heteroatoms. The number of anilines is 1. The van der Waals surface area contributed by atoms with Crippen LogP contribution in [0.15, 0.2) is 47.4 Å². The lowest BCUT2D eigenvalue weighted by molar-refractivity contribution is 0.465. The molecule has 21 heavy (non-hydrogen) atoms. The monoisotopic (exact) mass is 308 g/mol. The van der Waals surface area contributed by atoms with Crippen LogP contribution >= 0.6 is 0 Å². The van der Waals surface area contributed by atoms with Gasteiger partial charge in [0.25, 0.3) is 0 Å². The van der Waals surface area contributed by atoms with Gasteiger partial charge in [0.2, 0.25) is 10.0 Å². The third-order valence-corrected chi connectivity index (χ3v) is 5.15. The maximum atomic E-state index is 13.2. The standard InChI is InChI=1S/C15H17FN2O2S/c1-11-8-14(17)6-7-15(11)21(19,20)18(2)10-12-4-3-5-13(16)9-12/h3-9H,10,17H2,1-2H3. The van der Waals surface area contributed by atoms with E-state index in [9.17, 15) is 12.8 Å². The van der Waals surface area contributed by atoms with Crippen molar-refractivity contribution in [3.8, 4) is 0 Å². The van der Waals surface area contributed by atoms with Gasteiger partial charge in [-0.05, 0) is 48.4 Å². The average molecular weight is 308 g/mol. The molecule has 0 aliphatic rings. The van der Waals surface area contributed by atoms with Crippen LogP contribution in [0.1, 0.15) is 11.1 Å². The number of halogens is 1. The summed E-state index contributed by atoms with van der Waals surface area (Å²) in [6.07, 6.45) is 0. The molecule has 0 aromatic heterocycles. The molecule has 2 aromatic rings. The maximum Gasteiger partial charge on any atom is 0.243 e. The van der Waals surface area contributed by atoms with E-state index in [1.165, 1.54) is 29.6 Å². The number of nitrogens with two attached hydrogens (primary N) is 1. The van der Waals surface area contributed by atoms with Crippen molar-refractivity contribution in [2.45, 2.75) is 18.4 Å². The van der Waals surface area contributed by atoms with E-state index in [4.69, 9.17) is 5.73 Å². The summed E-state index contributed by atoms with van der Waals surface area (Å²) in [6, 6.07) is 10.5. The van der Waals surface area contributed by atoms with E-state index < -0.39 is 10.0 Å². The summed E-state index contributed by atoms with van der Waals surface area (Å²) in [5, 5.41) is 0. The van der Waals surface area contributed by atoms with Gasteiger partial charge in [-0.3, -0.25) is 0 Å². The van der Waals surface area contributed by atoms with Crippen molar-refractivity contribution in [3.05, 3.63) is 59.4 Å². The van der Waals surface area contributed by atoms with Crippen LogP contribution in [0.2, 0.25) is 0 Å². The second kappa shape index (κ2) is 5.83. The topological polar surface area (TPSA) is 63.4 Å². The van der Waals surface area contributed by atoms with Crippen molar-refractivity contribution in [2.75, 3.05) is 12.8 Å². The largest absolute Gasteiger partial charge is 0.399 e. The lowest BCUT2D eigenvalue weighted by atomic mass is 10.2. The number of sulfonamides is 1. The van der Waals surface area contributed by atoms with Crippen LogP contribution in [-0.2, 0) is 16.6 Å². The number of nitrogen functional groups attached to an aromatic ring is 1. The molecule has 0 heterocycles.